The van der Waals surface area contributed by atoms with Crippen LogP contribution in [-0.4, -0.2) is 19.1 Å². The summed E-state index contributed by atoms with van der Waals surface area (Å²) < 4.78 is 5.75. The second-order valence-electron chi connectivity index (χ2n) is 6.55. The summed E-state index contributed by atoms with van der Waals surface area (Å²) in [6.45, 7) is 9.28. The topological polar surface area (TPSA) is 76.4 Å². The lowest BCUT2D eigenvalue weighted by Gasteiger charge is -2.13. The number of hydrogen-bond acceptors (Lipinski definition) is 3. The molecule has 0 unspecified atom stereocenters. The molecule has 2 aromatic carbocycles. The largest absolute Gasteiger partial charge is 0.487 e. The van der Waals surface area contributed by atoms with Crippen LogP contribution in [0.3, 0.4) is 0 Å². The van der Waals surface area contributed by atoms with Crippen LogP contribution in [0.5, 0.6) is 5.75 Å². The van der Waals surface area contributed by atoms with E-state index >= 15 is 0 Å². The first-order valence-electron chi connectivity index (χ1n) is 10.2. The number of rotatable bonds is 10. The van der Waals surface area contributed by atoms with Gasteiger partial charge in [-0.1, -0.05) is 63.6 Å². The van der Waals surface area contributed by atoms with E-state index in [1.165, 1.54) is 32.4 Å². The lowest BCUT2D eigenvalue weighted by atomic mass is 10.1. The zero-order valence-corrected chi connectivity index (χ0v) is 17.5. The highest BCUT2D eigenvalue weighted by Crippen LogP contribution is 2.27. The predicted octanol–water partition coefficient (Wildman–Crippen LogP) is 5.10. The second kappa shape index (κ2) is 14.5. The number of carbonyl (C=O) groups is 1. The van der Waals surface area contributed by atoms with E-state index in [4.69, 9.17) is 10.5 Å². The molecular formula is C23H35N3O2. The van der Waals surface area contributed by atoms with Crippen molar-refractivity contribution in [3.63, 3.8) is 0 Å². The van der Waals surface area contributed by atoms with Gasteiger partial charge in [0.2, 0.25) is 0 Å². The van der Waals surface area contributed by atoms with E-state index in [2.05, 4.69) is 24.5 Å². The molecule has 0 heterocycles. The highest BCUT2D eigenvalue weighted by Gasteiger charge is 2.07. The first-order chi connectivity index (χ1) is 13.6. The van der Waals surface area contributed by atoms with E-state index in [0.29, 0.717) is 18.0 Å². The fraction of sp³-hybridized carbons (Fsp3) is 0.435. The Morgan fingerprint density at radius 1 is 0.964 bits per heavy atom. The molecule has 28 heavy (non-hydrogen) atoms. The Morgan fingerprint density at radius 3 is 2.32 bits per heavy atom. The summed E-state index contributed by atoms with van der Waals surface area (Å²) in [5, 5.41) is 5.93. The quantitative estimate of drug-likeness (QED) is 0.498. The molecule has 2 amide bonds. The van der Waals surface area contributed by atoms with Gasteiger partial charge in [0.15, 0.2) is 0 Å². The third-order valence-electron chi connectivity index (χ3n) is 4.08. The van der Waals surface area contributed by atoms with Crippen molar-refractivity contribution < 1.29 is 9.53 Å². The van der Waals surface area contributed by atoms with Crippen molar-refractivity contribution in [3.8, 4) is 5.75 Å². The van der Waals surface area contributed by atoms with Gasteiger partial charge in [-0.05, 0) is 55.6 Å². The SMILES string of the molecule is CCCCNCCC.CCc1ccc(OCc2ccccc2)c(NC(N)=O)c1. The summed E-state index contributed by atoms with van der Waals surface area (Å²) >= 11 is 0. The molecule has 0 bridgehead atoms. The Kier molecular flexibility index (Phi) is 12.2. The molecule has 0 aliphatic heterocycles. The molecule has 0 fully saturated rings. The summed E-state index contributed by atoms with van der Waals surface area (Å²) in [5.41, 5.74) is 7.97. The Hall–Kier alpha value is -2.53. The summed E-state index contributed by atoms with van der Waals surface area (Å²) in [6.07, 6.45) is 4.76. The van der Waals surface area contributed by atoms with Gasteiger partial charge in [-0.3, -0.25) is 0 Å². The molecule has 4 N–H and O–H groups in total. The number of urea groups is 1. The molecule has 0 aromatic heterocycles. The number of ether oxygens (including phenoxy) is 1. The first kappa shape index (κ1) is 23.5. The molecule has 0 radical (unpaired) electrons. The molecule has 2 aromatic rings. The first-order valence-corrected chi connectivity index (χ1v) is 10.2. The molecule has 0 saturated heterocycles. The number of nitrogens with two attached hydrogens (primary N) is 1. The molecule has 0 atom stereocenters. The molecule has 0 aliphatic carbocycles. The molecule has 0 spiro atoms. The zero-order valence-electron chi connectivity index (χ0n) is 17.5. The van der Waals surface area contributed by atoms with Crippen LogP contribution in [0, 0.1) is 0 Å². The van der Waals surface area contributed by atoms with Gasteiger partial charge in [-0.25, -0.2) is 4.79 Å². The van der Waals surface area contributed by atoms with Crippen molar-refractivity contribution in [1.29, 1.82) is 0 Å². The third-order valence-corrected chi connectivity index (χ3v) is 4.08. The van der Waals surface area contributed by atoms with Crippen LogP contribution >= 0.6 is 0 Å². The average Bonchev–Trinajstić information content (AvgIpc) is 2.71. The molecule has 2 rings (SSSR count). The van der Waals surface area contributed by atoms with Gasteiger partial charge in [-0.15, -0.1) is 0 Å². The molecule has 5 nitrogen and oxygen atoms in total. The van der Waals surface area contributed by atoms with E-state index in [1.54, 1.807) is 0 Å². The molecule has 5 heteroatoms. The smallest absolute Gasteiger partial charge is 0.316 e. The van der Waals surface area contributed by atoms with E-state index in [-0.39, 0.29) is 0 Å². The Labute approximate surface area is 169 Å². The number of aryl methyl sites for hydroxylation is 1. The summed E-state index contributed by atoms with van der Waals surface area (Å²) in [4.78, 5) is 11.1. The number of benzene rings is 2. The van der Waals surface area contributed by atoms with Gasteiger partial charge in [0.05, 0.1) is 5.69 Å². The van der Waals surface area contributed by atoms with Crippen LogP contribution in [0.15, 0.2) is 48.5 Å². The molecular weight excluding hydrogens is 350 g/mol. The Balaban J connectivity index is 0.000000416. The maximum absolute atomic E-state index is 11.1. The number of anilines is 1. The van der Waals surface area contributed by atoms with Gasteiger partial charge in [0.25, 0.3) is 0 Å². The lowest BCUT2D eigenvalue weighted by molar-refractivity contribution is 0.259. The number of nitrogens with one attached hydrogen (secondary N) is 2. The second-order valence-corrected chi connectivity index (χ2v) is 6.55. The van der Waals surface area contributed by atoms with Gasteiger partial charge in [0, 0.05) is 0 Å². The Morgan fingerprint density at radius 2 is 1.71 bits per heavy atom. The number of unbranched alkanes of at least 4 members (excludes halogenated alkanes) is 1. The average molecular weight is 386 g/mol. The zero-order chi connectivity index (χ0) is 20.6. The minimum absolute atomic E-state index is 0.444. The van der Waals surface area contributed by atoms with E-state index < -0.39 is 6.03 Å². The molecule has 0 aliphatic rings. The van der Waals surface area contributed by atoms with Crippen LogP contribution in [0.25, 0.3) is 0 Å². The lowest BCUT2D eigenvalue weighted by Crippen LogP contribution is -2.20. The van der Waals surface area contributed by atoms with Crippen LogP contribution in [0.2, 0.25) is 0 Å². The van der Waals surface area contributed by atoms with Crippen LogP contribution in [-0.2, 0) is 13.0 Å². The normalized spacial score (nSPS) is 9.96. The van der Waals surface area contributed by atoms with Crippen molar-refractivity contribution in [2.75, 3.05) is 18.4 Å². The summed E-state index contributed by atoms with van der Waals surface area (Å²) in [7, 11) is 0. The van der Waals surface area contributed by atoms with Crippen molar-refractivity contribution >= 4 is 11.7 Å². The van der Waals surface area contributed by atoms with Gasteiger partial charge in [0.1, 0.15) is 12.4 Å². The number of hydrogen-bond donors (Lipinski definition) is 3. The third kappa shape index (κ3) is 9.97. The van der Waals surface area contributed by atoms with Gasteiger partial charge >= 0.3 is 6.03 Å². The maximum Gasteiger partial charge on any atom is 0.316 e. The van der Waals surface area contributed by atoms with Crippen molar-refractivity contribution in [2.24, 2.45) is 5.73 Å². The number of primary amides is 1. The van der Waals surface area contributed by atoms with Crippen molar-refractivity contribution in [3.05, 3.63) is 59.7 Å². The predicted molar refractivity (Wildman–Crippen MR) is 118 cm³/mol. The highest BCUT2D eigenvalue weighted by molar-refractivity contribution is 5.89. The van der Waals surface area contributed by atoms with Gasteiger partial charge < -0.3 is 21.1 Å². The highest BCUT2D eigenvalue weighted by atomic mass is 16.5. The van der Waals surface area contributed by atoms with Crippen LogP contribution < -0.4 is 21.1 Å². The Bertz CT molecular complexity index is 669. The van der Waals surface area contributed by atoms with Crippen molar-refractivity contribution in [2.45, 2.75) is 53.1 Å². The minimum Gasteiger partial charge on any atom is -0.487 e. The summed E-state index contributed by atoms with van der Waals surface area (Å²) in [6, 6.07) is 15.0. The van der Waals surface area contributed by atoms with Crippen LogP contribution in [0.1, 0.15) is 51.2 Å². The standard InChI is InChI=1S/C16H18N2O2.C7H17N/c1-2-12-8-9-15(14(10-12)18-16(17)19)20-11-13-6-4-3-5-7-13;1-3-5-7-8-6-4-2/h3-10H,2,11H2,1H3,(H3,17,18,19);8H,3-7H2,1-2H3. The monoisotopic (exact) mass is 385 g/mol. The minimum atomic E-state index is -0.595. The molecule has 154 valence electrons. The fourth-order valence-electron chi connectivity index (χ4n) is 2.49. The molecule has 0 saturated carbocycles. The van der Waals surface area contributed by atoms with Gasteiger partial charge in [-0.2, -0.15) is 0 Å². The number of carbonyl (C=O) groups excluding carboxylic acids is 1. The van der Waals surface area contributed by atoms with Crippen LogP contribution in [0.4, 0.5) is 10.5 Å². The van der Waals surface area contributed by atoms with E-state index in [9.17, 15) is 4.79 Å². The van der Waals surface area contributed by atoms with E-state index in [1.807, 2.05) is 55.5 Å². The summed E-state index contributed by atoms with van der Waals surface area (Å²) in [5.74, 6) is 0.616. The fourth-order valence-corrected chi connectivity index (χ4v) is 2.49. The number of amides is 2. The maximum atomic E-state index is 11.1. The van der Waals surface area contributed by atoms with E-state index in [0.717, 1.165) is 17.5 Å². The van der Waals surface area contributed by atoms with Crippen molar-refractivity contribution in [1.82, 2.24) is 5.32 Å².